The van der Waals surface area contributed by atoms with Gasteiger partial charge in [-0.2, -0.15) is 0 Å². The lowest BCUT2D eigenvalue weighted by atomic mass is 10.2. The third-order valence-electron chi connectivity index (χ3n) is 4.71. The minimum absolute atomic E-state index is 0.0335. The number of nitrogens with one attached hydrogen (secondary N) is 1. The largest absolute Gasteiger partial charge is 0.491 e. The summed E-state index contributed by atoms with van der Waals surface area (Å²) in [5.41, 5.74) is 2.26. The Morgan fingerprint density at radius 1 is 1.11 bits per heavy atom. The van der Waals surface area contributed by atoms with E-state index in [1.165, 1.54) is 5.56 Å². The fraction of sp³-hybridized carbons (Fsp3) is 0.364. The summed E-state index contributed by atoms with van der Waals surface area (Å²) >= 11 is 0. The van der Waals surface area contributed by atoms with E-state index in [2.05, 4.69) is 5.32 Å². The van der Waals surface area contributed by atoms with E-state index in [1.807, 2.05) is 68.4 Å². The Morgan fingerprint density at radius 3 is 2.50 bits per heavy atom. The highest BCUT2D eigenvalue weighted by molar-refractivity contribution is 5.85. The number of aryl methyl sites for hydroxylation is 1. The number of carbonyl (C=O) groups excluding carboxylic acids is 2. The quantitative estimate of drug-likeness (QED) is 0.837. The molecule has 28 heavy (non-hydrogen) atoms. The molecule has 2 aromatic carbocycles. The number of hydrogen-bond donors (Lipinski definition) is 1. The number of nitrogens with zero attached hydrogens (tertiary/aromatic N) is 2. The van der Waals surface area contributed by atoms with Crippen molar-refractivity contribution in [1.29, 1.82) is 0 Å². The van der Waals surface area contributed by atoms with Crippen LogP contribution in [0.15, 0.2) is 54.6 Å². The molecule has 1 fully saturated rings. The minimum atomic E-state index is -0.229. The van der Waals surface area contributed by atoms with Gasteiger partial charge in [0, 0.05) is 19.6 Å². The summed E-state index contributed by atoms with van der Waals surface area (Å²) in [4.78, 5) is 28.2. The molecule has 1 unspecified atom stereocenters. The Hall–Kier alpha value is -3.02. The van der Waals surface area contributed by atoms with Gasteiger partial charge in [0.2, 0.25) is 5.91 Å². The average Bonchev–Trinajstić information content (AvgIpc) is 2.70. The van der Waals surface area contributed by atoms with Crippen molar-refractivity contribution in [2.24, 2.45) is 0 Å². The first-order valence-corrected chi connectivity index (χ1v) is 9.58. The molecule has 1 aliphatic heterocycles. The van der Waals surface area contributed by atoms with Gasteiger partial charge in [0.1, 0.15) is 18.9 Å². The lowest BCUT2D eigenvalue weighted by molar-refractivity contribution is -0.135. The van der Waals surface area contributed by atoms with Gasteiger partial charge in [-0.05, 0) is 31.5 Å². The van der Waals surface area contributed by atoms with Gasteiger partial charge in [-0.25, -0.2) is 4.79 Å². The van der Waals surface area contributed by atoms with Gasteiger partial charge in [0.15, 0.2) is 0 Å². The van der Waals surface area contributed by atoms with E-state index in [0.29, 0.717) is 26.2 Å². The molecule has 2 aromatic rings. The summed E-state index contributed by atoms with van der Waals surface area (Å²) in [7, 11) is 0. The number of rotatable bonds is 6. The summed E-state index contributed by atoms with van der Waals surface area (Å²) in [5, 5.41) is 2.91. The fourth-order valence-corrected chi connectivity index (χ4v) is 3.05. The van der Waals surface area contributed by atoms with Crippen LogP contribution in [0.3, 0.4) is 0 Å². The second kappa shape index (κ2) is 9.26. The van der Waals surface area contributed by atoms with Crippen molar-refractivity contribution in [3.63, 3.8) is 0 Å². The van der Waals surface area contributed by atoms with Crippen molar-refractivity contribution < 1.29 is 14.3 Å². The molecule has 3 amide bonds. The lowest BCUT2D eigenvalue weighted by Gasteiger charge is -2.35. The van der Waals surface area contributed by atoms with E-state index in [9.17, 15) is 9.59 Å². The van der Waals surface area contributed by atoms with Gasteiger partial charge in [-0.15, -0.1) is 0 Å². The summed E-state index contributed by atoms with van der Waals surface area (Å²) in [6.07, 6.45) is 0. The van der Waals surface area contributed by atoms with Gasteiger partial charge in [-0.1, -0.05) is 48.0 Å². The van der Waals surface area contributed by atoms with Crippen molar-refractivity contribution in [2.75, 3.05) is 26.2 Å². The minimum Gasteiger partial charge on any atom is -0.491 e. The highest BCUT2D eigenvalue weighted by Crippen LogP contribution is 2.12. The van der Waals surface area contributed by atoms with Crippen LogP contribution in [0.25, 0.3) is 0 Å². The van der Waals surface area contributed by atoms with Gasteiger partial charge in [0.25, 0.3) is 0 Å². The monoisotopic (exact) mass is 381 g/mol. The molecule has 6 nitrogen and oxygen atoms in total. The van der Waals surface area contributed by atoms with Crippen molar-refractivity contribution in [3.8, 4) is 5.75 Å². The molecule has 1 atom stereocenters. The van der Waals surface area contributed by atoms with Gasteiger partial charge in [0.05, 0.1) is 6.04 Å². The fourth-order valence-electron chi connectivity index (χ4n) is 3.05. The third-order valence-corrected chi connectivity index (χ3v) is 4.71. The first-order chi connectivity index (χ1) is 13.5. The van der Waals surface area contributed by atoms with Crippen LogP contribution in [0.5, 0.6) is 5.75 Å². The van der Waals surface area contributed by atoms with E-state index in [0.717, 1.165) is 11.3 Å². The third kappa shape index (κ3) is 5.49. The summed E-state index contributed by atoms with van der Waals surface area (Å²) < 4.78 is 5.71. The number of hydrogen-bond acceptors (Lipinski definition) is 3. The maximum absolute atomic E-state index is 12.5. The standard InChI is InChI=1S/C22H27N3O3/c1-17-8-10-20(11-9-17)28-16-18(2)23-22(27)25-13-12-24(21(26)15-25)14-19-6-4-3-5-7-19/h3-11,18H,12-16H2,1-2H3,(H,23,27). The molecule has 0 radical (unpaired) electrons. The predicted octanol–water partition coefficient (Wildman–Crippen LogP) is 2.82. The summed E-state index contributed by atoms with van der Waals surface area (Å²) in [5.74, 6) is 0.741. The normalized spacial score (nSPS) is 15.3. The molecule has 3 rings (SSSR count). The van der Waals surface area contributed by atoms with Crippen LogP contribution in [0.2, 0.25) is 0 Å². The molecule has 148 valence electrons. The van der Waals surface area contributed by atoms with Gasteiger partial charge < -0.3 is 19.9 Å². The number of piperazine rings is 1. The molecule has 0 aromatic heterocycles. The maximum Gasteiger partial charge on any atom is 0.318 e. The highest BCUT2D eigenvalue weighted by atomic mass is 16.5. The Kier molecular flexibility index (Phi) is 6.53. The van der Waals surface area contributed by atoms with Crippen LogP contribution >= 0.6 is 0 Å². The number of benzene rings is 2. The zero-order valence-corrected chi connectivity index (χ0v) is 16.4. The van der Waals surface area contributed by atoms with Crippen molar-refractivity contribution in [3.05, 3.63) is 65.7 Å². The molecular weight excluding hydrogens is 354 g/mol. The van der Waals surface area contributed by atoms with E-state index < -0.39 is 0 Å². The SMILES string of the molecule is Cc1ccc(OCC(C)NC(=O)N2CCN(Cc3ccccc3)C(=O)C2)cc1. The molecule has 1 aliphatic rings. The van der Waals surface area contributed by atoms with E-state index in [-0.39, 0.29) is 24.5 Å². The van der Waals surface area contributed by atoms with Gasteiger partial charge in [-0.3, -0.25) is 4.79 Å². The Labute approximate surface area is 166 Å². The zero-order chi connectivity index (χ0) is 19.9. The Balaban J connectivity index is 1.43. The smallest absolute Gasteiger partial charge is 0.318 e. The number of urea groups is 1. The molecule has 0 aliphatic carbocycles. The van der Waals surface area contributed by atoms with E-state index in [1.54, 1.807) is 9.80 Å². The maximum atomic E-state index is 12.5. The summed E-state index contributed by atoms with van der Waals surface area (Å²) in [6.45, 7) is 6.02. The molecule has 1 saturated heterocycles. The Bertz CT molecular complexity index is 792. The van der Waals surface area contributed by atoms with Crippen molar-refractivity contribution in [2.45, 2.75) is 26.4 Å². The number of ether oxygens (including phenoxy) is 1. The molecular formula is C22H27N3O3. The first-order valence-electron chi connectivity index (χ1n) is 9.58. The molecule has 0 spiro atoms. The first kappa shape index (κ1) is 19.7. The molecule has 1 heterocycles. The Morgan fingerprint density at radius 2 is 1.82 bits per heavy atom. The van der Waals surface area contributed by atoms with Crippen LogP contribution in [0.1, 0.15) is 18.1 Å². The van der Waals surface area contributed by atoms with E-state index >= 15 is 0 Å². The molecule has 1 N–H and O–H groups in total. The lowest BCUT2D eigenvalue weighted by Crippen LogP contribution is -2.55. The second-order valence-electron chi connectivity index (χ2n) is 7.20. The second-order valence-corrected chi connectivity index (χ2v) is 7.20. The number of carbonyl (C=O) groups is 2. The summed E-state index contributed by atoms with van der Waals surface area (Å²) in [6, 6.07) is 17.3. The van der Waals surface area contributed by atoms with Crippen molar-refractivity contribution in [1.82, 2.24) is 15.1 Å². The molecule has 0 saturated carbocycles. The predicted molar refractivity (Wildman–Crippen MR) is 108 cm³/mol. The molecule has 6 heteroatoms. The highest BCUT2D eigenvalue weighted by Gasteiger charge is 2.27. The van der Waals surface area contributed by atoms with Gasteiger partial charge >= 0.3 is 6.03 Å². The van der Waals surface area contributed by atoms with Crippen LogP contribution in [-0.4, -0.2) is 54.0 Å². The van der Waals surface area contributed by atoms with E-state index in [4.69, 9.17) is 4.74 Å². The molecule has 0 bridgehead atoms. The van der Waals surface area contributed by atoms with Crippen LogP contribution in [0, 0.1) is 6.92 Å². The number of amides is 3. The van der Waals surface area contributed by atoms with Crippen LogP contribution in [0.4, 0.5) is 4.79 Å². The van der Waals surface area contributed by atoms with Crippen molar-refractivity contribution >= 4 is 11.9 Å². The van der Waals surface area contributed by atoms with Crippen LogP contribution < -0.4 is 10.1 Å². The topological polar surface area (TPSA) is 61.9 Å². The average molecular weight is 381 g/mol. The zero-order valence-electron chi connectivity index (χ0n) is 16.4. The van der Waals surface area contributed by atoms with Crippen LogP contribution in [-0.2, 0) is 11.3 Å².